The quantitative estimate of drug-likeness (QED) is 0.654. The van der Waals surface area contributed by atoms with Gasteiger partial charge < -0.3 is 10.5 Å². The summed E-state index contributed by atoms with van der Waals surface area (Å²) < 4.78 is 6.04. The molecule has 1 atom stereocenters. The summed E-state index contributed by atoms with van der Waals surface area (Å²) in [5.41, 5.74) is 6.81. The zero-order valence-corrected chi connectivity index (χ0v) is 17.0. The molecule has 0 bridgehead atoms. The van der Waals surface area contributed by atoms with Crippen molar-refractivity contribution in [2.75, 3.05) is 11.4 Å². The number of nitriles is 1. The number of pyridine rings is 1. The zero-order chi connectivity index (χ0) is 22.0. The van der Waals surface area contributed by atoms with E-state index in [1.54, 1.807) is 36.4 Å². The van der Waals surface area contributed by atoms with Gasteiger partial charge in [0, 0.05) is 41.2 Å². The summed E-state index contributed by atoms with van der Waals surface area (Å²) in [6.45, 7) is 0.353. The van der Waals surface area contributed by atoms with Crippen molar-refractivity contribution in [2.24, 2.45) is 5.73 Å². The highest BCUT2D eigenvalue weighted by Gasteiger charge is 2.34. The smallest absolute Gasteiger partial charge is 0.248 e. The first-order valence-electron chi connectivity index (χ1n) is 9.49. The minimum atomic E-state index is -0.587. The Bertz CT molecular complexity index is 1220. The highest BCUT2D eigenvalue weighted by Crippen LogP contribution is 2.39. The van der Waals surface area contributed by atoms with Crippen molar-refractivity contribution in [1.82, 2.24) is 4.98 Å². The summed E-state index contributed by atoms with van der Waals surface area (Å²) >= 11 is 6.19. The number of primary amides is 1. The molecule has 1 aromatic heterocycles. The molecule has 1 fully saturated rings. The number of hydrogen-bond acceptors (Lipinski definition) is 5. The Balaban J connectivity index is 1.65. The van der Waals surface area contributed by atoms with Gasteiger partial charge in [-0.05, 0) is 36.4 Å². The maximum absolute atomic E-state index is 12.7. The SMILES string of the molecule is N#Cc1ccccc1Oc1cc(Cl)ccc1C1CC(=O)N(c2cc(C(N)=O)ccn2)C1. The fourth-order valence-electron chi connectivity index (χ4n) is 3.56. The maximum Gasteiger partial charge on any atom is 0.248 e. The highest BCUT2D eigenvalue weighted by molar-refractivity contribution is 6.30. The molecule has 154 valence electrons. The van der Waals surface area contributed by atoms with E-state index < -0.39 is 5.91 Å². The highest BCUT2D eigenvalue weighted by atomic mass is 35.5. The van der Waals surface area contributed by atoms with Crippen LogP contribution in [-0.2, 0) is 4.79 Å². The molecule has 8 heteroatoms. The van der Waals surface area contributed by atoms with Crippen LogP contribution in [0.25, 0.3) is 0 Å². The molecule has 0 radical (unpaired) electrons. The molecule has 1 aliphatic rings. The molecular formula is C23H17ClN4O3. The van der Waals surface area contributed by atoms with Crippen molar-refractivity contribution in [3.63, 3.8) is 0 Å². The van der Waals surface area contributed by atoms with Crippen LogP contribution in [0.2, 0.25) is 5.02 Å². The molecule has 0 aliphatic carbocycles. The lowest BCUT2D eigenvalue weighted by atomic mass is 9.97. The van der Waals surface area contributed by atoms with Crippen molar-refractivity contribution in [1.29, 1.82) is 5.26 Å². The van der Waals surface area contributed by atoms with Crippen LogP contribution in [0.4, 0.5) is 5.82 Å². The van der Waals surface area contributed by atoms with E-state index in [4.69, 9.17) is 22.1 Å². The number of hydrogen-bond donors (Lipinski definition) is 1. The van der Waals surface area contributed by atoms with E-state index in [1.165, 1.54) is 23.2 Å². The summed E-state index contributed by atoms with van der Waals surface area (Å²) in [7, 11) is 0. The molecule has 2 aromatic carbocycles. The third-order valence-corrected chi connectivity index (χ3v) is 5.31. The van der Waals surface area contributed by atoms with Crippen molar-refractivity contribution < 1.29 is 14.3 Å². The Morgan fingerprint density at radius 3 is 2.77 bits per heavy atom. The van der Waals surface area contributed by atoms with E-state index in [2.05, 4.69) is 11.1 Å². The van der Waals surface area contributed by atoms with Crippen LogP contribution in [0.1, 0.15) is 33.8 Å². The number of para-hydroxylation sites is 1. The summed E-state index contributed by atoms with van der Waals surface area (Å²) in [6.07, 6.45) is 1.69. The van der Waals surface area contributed by atoms with Gasteiger partial charge in [-0.1, -0.05) is 29.8 Å². The van der Waals surface area contributed by atoms with Gasteiger partial charge in [0.2, 0.25) is 11.8 Å². The molecule has 0 spiro atoms. The minimum Gasteiger partial charge on any atom is -0.456 e. The molecule has 7 nitrogen and oxygen atoms in total. The second-order valence-corrected chi connectivity index (χ2v) is 7.50. The number of amides is 2. The molecule has 2 amide bonds. The number of carbonyl (C=O) groups excluding carboxylic acids is 2. The number of ether oxygens (including phenoxy) is 1. The zero-order valence-electron chi connectivity index (χ0n) is 16.3. The fourth-order valence-corrected chi connectivity index (χ4v) is 3.72. The molecule has 0 saturated carbocycles. The third kappa shape index (κ3) is 4.20. The second kappa shape index (κ2) is 8.46. The minimum absolute atomic E-state index is 0.127. The van der Waals surface area contributed by atoms with Crippen LogP contribution in [0, 0.1) is 11.3 Å². The maximum atomic E-state index is 12.7. The van der Waals surface area contributed by atoms with Gasteiger partial charge in [0.05, 0.1) is 5.56 Å². The molecule has 1 aliphatic heterocycles. The Labute approximate surface area is 183 Å². The molecule has 1 saturated heterocycles. The number of nitrogens with two attached hydrogens (primary N) is 1. The number of anilines is 1. The van der Waals surface area contributed by atoms with Crippen LogP contribution in [0.5, 0.6) is 11.5 Å². The number of halogens is 1. The average molecular weight is 433 g/mol. The van der Waals surface area contributed by atoms with Gasteiger partial charge >= 0.3 is 0 Å². The number of aromatic nitrogens is 1. The van der Waals surface area contributed by atoms with Crippen LogP contribution in [0.3, 0.4) is 0 Å². The lowest BCUT2D eigenvalue weighted by Crippen LogP contribution is -2.26. The van der Waals surface area contributed by atoms with Gasteiger partial charge in [0.1, 0.15) is 23.4 Å². The predicted molar refractivity (Wildman–Crippen MR) is 115 cm³/mol. The van der Waals surface area contributed by atoms with E-state index in [1.807, 2.05) is 6.07 Å². The van der Waals surface area contributed by atoms with Crippen molar-refractivity contribution in [3.8, 4) is 17.6 Å². The van der Waals surface area contributed by atoms with Crippen molar-refractivity contribution >= 4 is 29.2 Å². The first-order chi connectivity index (χ1) is 15.0. The van der Waals surface area contributed by atoms with Crippen molar-refractivity contribution in [3.05, 3.63) is 82.5 Å². The Hall–Kier alpha value is -3.89. The van der Waals surface area contributed by atoms with E-state index >= 15 is 0 Å². The third-order valence-electron chi connectivity index (χ3n) is 5.07. The van der Waals surface area contributed by atoms with E-state index in [9.17, 15) is 14.9 Å². The van der Waals surface area contributed by atoms with Gasteiger partial charge in [-0.15, -0.1) is 0 Å². The van der Waals surface area contributed by atoms with Crippen molar-refractivity contribution in [2.45, 2.75) is 12.3 Å². The Morgan fingerprint density at radius 1 is 1.19 bits per heavy atom. The number of benzene rings is 2. The van der Waals surface area contributed by atoms with Gasteiger partial charge in [-0.3, -0.25) is 14.5 Å². The van der Waals surface area contributed by atoms with Crippen LogP contribution >= 0.6 is 11.6 Å². The van der Waals surface area contributed by atoms with Gasteiger partial charge in [0.25, 0.3) is 0 Å². The number of carbonyl (C=O) groups is 2. The van der Waals surface area contributed by atoms with Gasteiger partial charge in [-0.25, -0.2) is 4.98 Å². The van der Waals surface area contributed by atoms with Crippen LogP contribution in [0.15, 0.2) is 60.8 Å². The van der Waals surface area contributed by atoms with Gasteiger partial charge in [0.15, 0.2) is 0 Å². The first kappa shape index (κ1) is 20.4. The standard InChI is InChI=1S/C23H17ClN4O3/c24-17-5-6-18(20(11-17)31-19-4-2-1-3-15(19)12-25)16-10-22(29)28(13-16)21-9-14(23(26)30)7-8-27-21/h1-9,11,16H,10,13H2,(H2,26,30). The fraction of sp³-hybridized carbons (Fsp3) is 0.130. The van der Waals surface area contributed by atoms with E-state index in [-0.39, 0.29) is 23.8 Å². The Morgan fingerprint density at radius 2 is 2.00 bits per heavy atom. The number of rotatable bonds is 5. The topological polar surface area (TPSA) is 109 Å². The molecule has 4 rings (SSSR count). The summed E-state index contributed by atoms with van der Waals surface area (Å²) in [4.78, 5) is 30.0. The molecule has 2 heterocycles. The lowest BCUT2D eigenvalue weighted by molar-refractivity contribution is -0.117. The monoisotopic (exact) mass is 432 g/mol. The lowest BCUT2D eigenvalue weighted by Gasteiger charge is -2.18. The molecular weight excluding hydrogens is 416 g/mol. The van der Waals surface area contributed by atoms with E-state index in [0.717, 1.165) is 5.56 Å². The van der Waals surface area contributed by atoms with E-state index in [0.29, 0.717) is 34.4 Å². The summed E-state index contributed by atoms with van der Waals surface area (Å²) in [5, 5.41) is 9.82. The van der Waals surface area contributed by atoms with Crippen LogP contribution in [-0.4, -0.2) is 23.3 Å². The summed E-state index contributed by atoms with van der Waals surface area (Å²) in [5.74, 6) is 0.358. The van der Waals surface area contributed by atoms with Crippen LogP contribution < -0.4 is 15.4 Å². The normalized spacial score (nSPS) is 15.5. The molecule has 3 aromatic rings. The average Bonchev–Trinajstić information content (AvgIpc) is 3.15. The first-order valence-corrected chi connectivity index (χ1v) is 9.86. The second-order valence-electron chi connectivity index (χ2n) is 7.06. The molecule has 2 N–H and O–H groups in total. The molecule has 1 unspecified atom stereocenters. The number of nitrogens with zero attached hydrogens (tertiary/aromatic N) is 3. The predicted octanol–water partition coefficient (Wildman–Crippen LogP) is 4.02. The molecule has 31 heavy (non-hydrogen) atoms. The Kier molecular flexibility index (Phi) is 5.56. The van der Waals surface area contributed by atoms with Gasteiger partial charge in [-0.2, -0.15) is 5.26 Å². The largest absolute Gasteiger partial charge is 0.456 e. The summed E-state index contributed by atoms with van der Waals surface area (Å²) in [6, 6.07) is 17.2.